The van der Waals surface area contributed by atoms with Crippen molar-refractivity contribution in [1.82, 2.24) is 0 Å². The van der Waals surface area contributed by atoms with Crippen molar-refractivity contribution >= 4 is 35.1 Å². The maximum Gasteiger partial charge on any atom is 0.340 e. The average molecular weight is 463 g/mol. The predicted molar refractivity (Wildman–Crippen MR) is 117 cm³/mol. The van der Waals surface area contributed by atoms with Gasteiger partial charge < -0.3 is 20.1 Å². The van der Waals surface area contributed by atoms with Gasteiger partial charge in [0.2, 0.25) is 0 Å². The number of esters is 1. The predicted octanol–water partition coefficient (Wildman–Crippen LogP) is 4.57. The lowest BCUT2D eigenvalue weighted by molar-refractivity contribution is -0.155. The molecule has 0 aliphatic carbocycles. The lowest BCUT2D eigenvalue weighted by Crippen LogP contribution is -2.15. The van der Waals surface area contributed by atoms with Crippen molar-refractivity contribution in [3.63, 3.8) is 0 Å². The van der Waals surface area contributed by atoms with Crippen LogP contribution in [-0.2, 0) is 20.9 Å². The number of benzene rings is 3. The Morgan fingerprint density at radius 2 is 1.19 bits per heavy atom. The van der Waals surface area contributed by atoms with Gasteiger partial charge in [0.1, 0.15) is 6.61 Å². The van der Waals surface area contributed by atoms with E-state index >= 15 is 0 Å². The van der Waals surface area contributed by atoms with Crippen molar-refractivity contribution in [2.75, 3.05) is 0 Å². The van der Waals surface area contributed by atoms with Crippen LogP contribution in [0.25, 0.3) is 0 Å². The summed E-state index contributed by atoms with van der Waals surface area (Å²) in [5.74, 6) is -2.01. The van der Waals surface area contributed by atoms with Gasteiger partial charge in [-0.3, -0.25) is 0 Å². The van der Waals surface area contributed by atoms with Crippen LogP contribution < -0.4 is 0 Å². The van der Waals surface area contributed by atoms with Gasteiger partial charge in [-0.05, 0) is 17.7 Å². The van der Waals surface area contributed by atoms with E-state index in [1.54, 1.807) is 36.4 Å². The highest BCUT2D eigenvalue weighted by molar-refractivity contribution is 6.31. The van der Waals surface area contributed by atoms with Crippen LogP contribution in [0, 0.1) is 0 Å². The third-order valence-corrected chi connectivity index (χ3v) is 4.77. The summed E-state index contributed by atoms with van der Waals surface area (Å²) < 4.78 is 5.05. The number of carbonyl (C=O) groups excluding carboxylic acids is 1. The molecule has 0 radical (unpaired) electrons. The van der Waals surface area contributed by atoms with Crippen LogP contribution >= 0.6 is 23.2 Å². The second-order valence-electron chi connectivity index (χ2n) is 6.28. The first-order valence-corrected chi connectivity index (χ1v) is 9.85. The van der Waals surface area contributed by atoms with Crippen molar-refractivity contribution in [1.29, 1.82) is 0 Å². The summed E-state index contributed by atoms with van der Waals surface area (Å²) in [4.78, 5) is 22.1. The van der Waals surface area contributed by atoms with Gasteiger partial charge in [0, 0.05) is 21.2 Å². The first-order valence-electron chi connectivity index (χ1n) is 9.09. The highest BCUT2D eigenvalue weighted by Crippen LogP contribution is 2.24. The molecule has 0 saturated carbocycles. The van der Waals surface area contributed by atoms with Crippen molar-refractivity contribution in [3.05, 3.63) is 106 Å². The Morgan fingerprint density at radius 3 is 1.68 bits per heavy atom. The largest absolute Gasteiger partial charge is 0.479 e. The number of aliphatic carboxylic acids is 1. The Kier molecular flexibility index (Phi) is 9.49. The van der Waals surface area contributed by atoms with Gasteiger partial charge >= 0.3 is 11.9 Å². The van der Waals surface area contributed by atoms with Crippen LogP contribution in [0.4, 0.5) is 0 Å². The molecule has 0 fully saturated rings. The Labute approximate surface area is 189 Å². The van der Waals surface area contributed by atoms with E-state index in [-0.39, 0.29) is 17.2 Å². The zero-order chi connectivity index (χ0) is 22.8. The van der Waals surface area contributed by atoms with Gasteiger partial charge in [-0.15, -0.1) is 0 Å². The first kappa shape index (κ1) is 24.4. The zero-order valence-corrected chi connectivity index (χ0v) is 17.7. The number of hydrogen-bond donors (Lipinski definition) is 3. The minimum atomic E-state index is -1.54. The molecule has 0 amide bonds. The van der Waals surface area contributed by atoms with Gasteiger partial charge in [-0.25, -0.2) is 9.59 Å². The van der Waals surface area contributed by atoms with Gasteiger partial charge in [-0.1, -0.05) is 89.9 Å². The lowest BCUT2D eigenvalue weighted by atomic mass is 10.1. The summed E-state index contributed by atoms with van der Waals surface area (Å²) >= 11 is 11.6. The van der Waals surface area contributed by atoms with E-state index < -0.39 is 24.1 Å². The molecule has 3 aromatic carbocycles. The average Bonchev–Trinajstić information content (AvgIpc) is 2.78. The fourth-order valence-corrected chi connectivity index (χ4v) is 2.94. The summed E-state index contributed by atoms with van der Waals surface area (Å²) in [6, 6.07) is 22.2. The molecule has 162 valence electrons. The fraction of sp³-hybridized carbons (Fsp3) is 0.130. The monoisotopic (exact) mass is 462 g/mol. The van der Waals surface area contributed by atoms with E-state index in [1.807, 2.05) is 30.3 Å². The molecule has 0 saturated heterocycles. The van der Waals surface area contributed by atoms with Crippen LogP contribution in [0.15, 0.2) is 78.9 Å². The van der Waals surface area contributed by atoms with Crippen molar-refractivity contribution in [2.24, 2.45) is 0 Å². The summed E-state index contributed by atoms with van der Waals surface area (Å²) in [5, 5.41) is 28.0. The highest BCUT2D eigenvalue weighted by Gasteiger charge is 2.21. The Morgan fingerprint density at radius 1 is 0.742 bits per heavy atom. The molecule has 31 heavy (non-hydrogen) atoms. The van der Waals surface area contributed by atoms with Crippen LogP contribution in [0.1, 0.15) is 28.9 Å². The lowest BCUT2D eigenvalue weighted by Gasteiger charge is -2.12. The number of hydrogen-bond acceptors (Lipinski definition) is 5. The Hall–Kier alpha value is -2.90. The third-order valence-electron chi connectivity index (χ3n) is 4.08. The molecule has 3 rings (SSSR count). The normalized spacial score (nSPS) is 12.1. The summed E-state index contributed by atoms with van der Waals surface area (Å²) in [5.41, 5.74) is 1.43. The molecule has 3 aromatic rings. The maximum atomic E-state index is 11.7. The molecule has 0 aromatic heterocycles. The molecule has 0 bridgehead atoms. The van der Waals surface area contributed by atoms with Gasteiger partial charge in [0.05, 0.1) is 0 Å². The van der Waals surface area contributed by atoms with Crippen LogP contribution in [0.5, 0.6) is 0 Å². The zero-order valence-electron chi connectivity index (χ0n) is 16.2. The van der Waals surface area contributed by atoms with Crippen molar-refractivity contribution < 1.29 is 29.6 Å². The van der Waals surface area contributed by atoms with Gasteiger partial charge in [-0.2, -0.15) is 0 Å². The summed E-state index contributed by atoms with van der Waals surface area (Å²) in [6.07, 6.45) is -2.91. The van der Waals surface area contributed by atoms with Gasteiger partial charge in [0.25, 0.3) is 0 Å². The first-order chi connectivity index (χ1) is 14.8. The van der Waals surface area contributed by atoms with Crippen LogP contribution in [0.2, 0.25) is 10.0 Å². The molecule has 3 N–H and O–H groups in total. The number of aliphatic hydroxyl groups is 2. The minimum Gasteiger partial charge on any atom is -0.479 e. The number of halogens is 2. The van der Waals surface area contributed by atoms with Crippen molar-refractivity contribution in [3.8, 4) is 0 Å². The van der Waals surface area contributed by atoms with E-state index in [2.05, 4.69) is 0 Å². The molecule has 0 spiro atoms. The summed E-state index contributed by atoms with van der Waals surface area (Å²) in [6.45, 7) is 0.126. The van der Waals surface area contributed by atoms with E-state index in [9.17, 15) is 14.7 Å². The molecular formula is C23H20Cl2O6. The van der Waals surface area contributed by atoms with E-state index in [0.717, 1.165) is 5.56 Å². The smallest absolute Gasteiger partial charge is 0.340 e. The number of carboxylic acids is 1. The minimum absolute atomic E-state index is 0.126. The SMILES string of the molecule is O=C(O)[C@@H](O)c1ccccc1Cl.O=C(OCc1ccccc1)C(O)c1ccccc1Cl. The van der Waals surface area contributed by atoms with E-state index in [0.29, 0.717) is 10.6 Å². The fourth-order valence-electron chi connectivity index (χ4n) is 2.46. The van der Waals surface area contributed by atoms with Crippen LogP contribution in [0.3, 0.4) is 0 Å². The molecule has 0 aliphatic rings. The van der Waals surface area contributed by atoms with E-state index in [1.165, 1.54) is 12.1 Å². The molecule has 1 unspecified atom stereocenters. The standard InChI is InChI=1S/C15H13ClO3.C8H7ClO3/c16-13-9-5-4-8-12(13)14(17)15(18)19-10-11-6-2-1-3-7-11;9-6-4-2-1-3-5(6)7(10)8(11)12/h1-9,14,17H,10H2;1-4,7,10H,(H,11,12)/t;7-/m.0/s1. The quantitative estimate of drug-likeness (QED) is 0.463. The molecule has 6 nitrogen and oxygen atoms in total. The third kappa shape index (κ3) is 7.38. The van der Waals surface area contributed by atoms with Crippen LogP contribution in [-0.4, -0.2) is 27.3 Å². The van der Waals surface area contributed by atoms with Gasteiger partial charge in [0.15, 0.2) is 12.2 Å². The second kappa shape index (κ2) is 12.1. The summed E-state index contributed by atoms with van der Waals surface area (Å²) in [7, 11) is 0. The Balaban J connectivity index is 0.000000245. The van der Waals surface area contributed by atoms with E-state index in [4.69, 9.17) is 38.2 Å². The number of carbonyl (C=O) groups is 2. The number of carboxylic acid groups (broad SMARTS) is 1. The number of rotatable bonds is 6. The molecule has 8 heteroatoms. The number of aliphatic hydroxyl groups excluding tert-OH is 2. The molecule has 0 aliphatic heterocycles. The van der Waals surface area contributed by atoms with Crippen molar-refractivity contribution in [2.45, 2.75) is 18.8 Å². The Bertz CT molecular complexity index is 1010. The second-order valence-corrected chi connectivity index (χ2v) is 7.09. The molecular weight excluding hydrogens is 443 g/mol. The number of ether oxygens (including phenoxy) is 1. The highest BCUT2D eigenvalue weighted by atomic mass is 35.5. The molecule has 2 atom stereocenters. The maximum absolute atomic E-state index is 11.7. The molecule has 0 heterocycles. The topological polar surface area (TPSA) is 104 Å².